The summed E-state index contributed by atoms with van der Waals surface area (Å²) < 4.78 is 7.80. The number of aliphatic hydroxyl groups is 1. The van der Waals surface area contributed by atoms with E-state index in [9.17, 15) is 9.90 Å². The van der Waals surface area contributed by atoms with E-state index in [1.807, 2.05) is 41.8 Å². The van der Waals surface area contributed by atoms with Gasteiger partial charge in [0.1, 0.15) is 12.0 Å². The first kappa shape index (κ1) is 20.3. The summed E-state index contributed by atoms with van der Waals surface area (Å²) in [5, 5.41) is 15.4. The van der Waals surface area contributed by atoms with Crippen molar-refractivity contribution >= 4 is 28.2 Å². The van der Waals surface area contributed by atoms with E-state index < -0.39 is 12.1 Å². The number of nitrogens with two attached hydrogens (primary N) is 1. The Morgan fingerprint density at radius 2 is 2.00 bits per heavy atom. The fraction of sp³-hybridized carbons (Fsp3) is 0.348. The molecule has 0 spiro atoms. The Bertz CT molecular complexity index is 1210. The average Bonchev–Trinajstić information content (AvgIpc) is 3.37. The van der Waals surface area contributed by atoms with Gasteiger partial charge in [-0.3, -0.25) is 19.4 Å². The first-order valence-corrected chi connectivity index (χ1v) is 10.7. The van der Waals surface area contributed by atoms with Gasteiger partial charge in [0.15, 0.2) is 0 Å². The predicted molar refractivity (Wildman–Crippen MR) is 121 cm³/mol. The monoisotopic (exact) mass is 434 g/mol. The van der Waals surface area contributed by atoms with Crippen LogP contribution in [0.25, 0.3) is 10.9 Å². The lowest BCUT2D eigenvalue weighted by molar-refractivity contribution is -0.114. The van der Waals surface area contributed by atoms with Gasteiger partial charge in [0, 0.05) is 43.0 Å². The van der Waals surface area contributed by atoms with Gasteiger partial charge < -0.3 is 20.5 Å². The molecule has 2 aliphatic rings. The minimum Gasteiger partial charge on any atom is -0.471 e. The van der Waals surface area contributed by atoms with Crippen LogP contribution in [0.3, 0.4) is 0 Å². The molecule has 9 nitrogen and oxygen atoms in total. The van der Waals surface area contributed by atoms with Crippen molar-refractivity contribution in [3.05, 3.63) is 59.9 Å². The maximum Gasteiger partial charge on any atom is 0.268 e. The van der Waals surface area contributed by atoms with Gasteiger partial charge in [0.25, 0.3) is 5.91 Å². The van der Waals surface area contributed by atoms with E-state index in [4.69, 9.17) is 10.5 Å². The molecule has 1 aromatic carbocycles. The van der Waals surface area contributed by atoms with Crippen LogP contribution in [-0.2, 0) is 16.6 Å². The number of rotatable bonds is 4. The van der Waals surface area contributed by atoms with Crippen LogP contribution in [-0.4, -0.2) is 45.0 Å². The van der Waals surface area contributed by atoms with E-state index in [2.05, 4.69) is 21.0 Å². The minimum absolute atomic E-state index is 0.283. The van der Waals surface area contributed by atoms with Crippen molar-refractivity contribution in [2.45, 2.75) is 32.1 Å². The van der Waals surface area contributed by atoms with Gasteiger partial charge in [0.2, 0.25) is 6.23 Å². The lowest BCUT2D eigenvalue weighted by Crippen LogP contribution is -2.38. The lowest BCUT2D eigenvalue weighted by Gasteiger charge is -2.36. The van der Waals surface area contributed by atoms with Crippen LogP contribution in [0.1, 0.15) is 30.3 Å². The van der Waals surface area contributed by atoms with Crippen molar-refractivity contribution in [1.29, 1.82) is 0 Å². The van der Waals surface area contributed by atoms with E-state index in [-0.39, 0.29) is 11.8 Å². The number of aliphatic hydroxyl groups excluding tert-OH is 1. The van der Waals surface area contributed by atoms with E-state index in [0.29, 0.717) is 25.9 Å². The number of piperidine rings is 1. The zero-order valence-electron chi connectivity index (χ0n) is 18.1. The highest BCUT2D eigenvalue weighted by Gasteiger charge is 2.36. The number of carbonyl (C=O) groups excluding carboxylic acids is 1. The van der Waals surface area contributed by atoms with Crippen LogP contribution in [0.4, 0.5) is 11.4 Å². The third kappa shape index (κ3) is 3.44. The van der Waals surface area contributed by atoms with Gasteiger partial charge >= 0.3 is 0 Å². The van der Waals surface area contributed by atoms with Gasteiger partial charge in [-0.25, -0.2) is 0 Å². The molecule has 166 valence electrons. The van der Waals surface area contributed by atoms with Crippen molar-refractivity contribution in [2.24, 2.45) is 12.8 Å². The second kappa shape index (κ2) is 7.83. The molecule has 5 rings (SSSR count). The lowest BCUT2D eigenvalue weighted by atomic mass is 10.0. The number of aryl methyl sites for hydroxylation is 2. The van der Waals surface area contributed by atoms with Crippen molar-refractivity contribution in [2.75, 3.05) is 22.9 Å². The van der Waals surface area contributed by atoms with Gasteiger partial charge in [-0.05, 0) is 44.0 Å². The number of pyridine rings is 1. The quantitative estimate of drug-likeness (QED) is 0.647. The van der Waals surface area contributed by atoms with Crippen molar-refractivity contribution < 1.29 is 14.6 Å². The minimum atomic E-state index is -0.565. The first-order valence-electron chi connectivity index (χ1n) is 10.7. The number of benzene rings is 1. The SMILES string of the molecule is Cc1cc(C2OC=C(C(N)=O)N2c2cc3cnn(C)c3cc2N2CCC(O)CC2)ccn1. The highest BCUT2D eigenvalue weighted by Crippen LogP contribution is 2.44. The molecule has 0 radical (unpaired) electrons. The molecule has 3 N–H and O–H groups in total. The summed E-state index contributed by atoms with van der Waals surface area (Å²) in [5.41, 5.74) is 10.5. The van der Waals surface area contributed by atoms with Crippen LogP contribution in [0.15, 0.2) is 48.6 Å². The average molecular weight is 435 g/mol. The Hall–Kier alpha value is -3.59. The third-order valence-electron chi connectivity index (χ3n) is 6.17. The van der Waals surface area contributed by atoms with Crippen LogP contribution in [0.2, 0.25) is 0 Å². The molecule has 2 aliphatic heterocycles. The second-order valence-electron chi connectivity index (χ2n) is 8.34. The molecule has 1 saturated heterocycles. The van der Waals surface area contributed by atoms with E-state index in [1.165, 1.54) is 6.26 Å². The fourth-order valence-corrected chi connectivity index (χ4v) is 4.48. The van der Waals surface area contributed by atoms with Crippen molar-refractivity contribution in [1.82, 2.24) is 14.8 Å². The summed E-state index contributed by atoms with van der Waals surface area (Å²) in [6.07, 6.45) is 5.49. The number of primary amides is 1. The number of carbonyl (C=O) groups is 1. The Balaban J connectivity index is 1.68. The summed E-state index contributed by atoms with van der Waals surface area (Å²) in [6, 6.07) is 7.92. The summed E-state index contributed by atoms with van der Waals surface area (Å²) >= 11 is 0. The maximum atomic E-state index is 12.4. The number of aromatic nitrogens is 3. The number of anilines is 2. The maximum absolute atomic E-state index is 12.4. The molecule has 9 heteroatoms. The van der Waals surface area contributed by atoms with Crippen LogP contribution < -0.4 is 15.5 Å². The van der Waals surface area contributed by atoms with Crippen molar-refractivity contribution in [3.63, 3.8) is 0 Å². The molecule has 4 heterocycles. The summed E-state index contributed by atoms with van der Waals surface area (Å²) in [6.45, 7) is 3.33. The van der Waals surface area contributed by atoms with Gasteiger partial charge in [-0.15, -0.1) is 0 Å². The van der Waals surface area contributed by atoms with Crippen LogP contribution >= 0.6 is 0 Å². The van der Waals surface area contributed by atoms with Gasteiger partial charge in [0.05, 0.1) is 29.2 Å². The predicted octanol–water partition coefficient (Wildman–Crippen LogP) is 2.10. The molecule has 32 heavy (non-hydrogen) atoms. The fourth-order valence-electron chi connectivity index (χ4n) is 4.48. The number of fused-ring (bicyclic) bond motifs is 1. The number of ether oxygens (including phenoxy) is 1. The molecule has 1 fully saturated rings. The first-order chi connectivity index (χ1) is 15.4. The summed E-state index contributed by atoms with van der Waals surface area (Å²) in [7, 11) is 1.90. The Kier molecular flexibility index (Phi) is 4.97. The van der Waals surface area contributed by atoms with Crippen LogP contribution in [0, 0.1) is 6.92 Å². The topological polar surface area (TPSA) is 110 Å². The molecule has 0 aliphatic carbocycles. The molecule has 2 aromatic heterocycles. The molecule has 1 unspecified atom stereocenters. The van der Waals surface area contributed by atoms with E-state index in [1.54, 1.807) is 12.4 Å². The number of hydrogen-bond acceptors (Lipinski definition) is 7. The highest BCUT2D eigenvalue weighted by molar-refractivity contribution is 6.00. The third-order valence-corrected chi connectivity index (χ3v) is 6.17. The van der Waals surface area contributed by atoms with E-state index >= 15 is 0 Å². The number of amides is 1. The molecular weight excluding hydrogens is 408 g/mol. The largest absolute Gasteiger partial charge is 0.471 e. The van der Waals surface area contributed by atoms with Crippen molar-refractivity contribution in [3.8, 4) is 0 Å². The van der Waals surface area contributed by atoms with Crippen LogP contribution in [0.5, 0.6) is 0 Å². The standard InChI is InChI=1S/C23H26N6O3/c1-14-9-15(3-6-25-14)23-29(21(13-32-23)22(24)31)20-10-16-12-26-27(2)18(16)11-19(20)28-7-4-17(30)5-8-28/h3,6,9-13,17,23,30H,4-5,7-8H2,1-2H3,(H2,24,31). The zero-order chi connectivity index (χ0) is 22.4. The zero-order valence-corrected chi connectivity index (χ0v) is 18.1. The van der Waals surface area contributed by atoms with E-state index in [0.717, 1.165) is 33.5 Å². The molecule has 0 saturated carbocycles. The smallest absolute Gasteiger partial charge is 0.268 e. The Morgan fingerprint density at radius 3 is 2.72 bits per heavy atom. The summed E-state index contributed by atoms with van der Waals surface area (Å²) in [5.74, 6) is -0.565. The normalized spacial score (nSPS) is 19.3. The summed E-state index contributed by atoms with van der Waals surface area (Å²) in [4.78, 5) is 20.8. The molecule has 3 aromatic rings. The number of nitrogens with zero attached hydrogens (tertiary/aromatic N) is 5. The number of hydrogen-bond donors (Lipinski definition) is 2. The Labute approximate surface area is 185 Å². The molecule has 0 bridgehead atoms. The highest BCUT2D eigenvalue weighted by atomic mass is 16.5. The molecular formula is C23H26N6O3. The van der Waals surface area contributed by atoms with Gasteiger partial charge in [-0.2, -0.15) is 5.10 Å². The molecule has 1 amide bonds. The Morgan fingerprint density at radius 1 is 1.22 bits per heavy atom. The van der Waals surface area contributed by atoms with Gasteiger partial charge in [-0.1, -0.05) is 0 Å². The molecule has 1 atom stereocenters. The second-order valence-corrected chi connectivity index (χ2v) is 8.34.